The van der Waals surface area contributed by atoms with E-state index in [9.17, 15) is 0 Å². The Hall–Kier alpha value is 0. The molecule has 3 saturated carbocycles. The average Bonchev–Trinajstić information content (AvgIpc) is 2.03. The largest absolute Gasteiger partial charge is 0.0651 e. The smallest absolute Gasteiger partial charge is 0.0295 e. The fourth-order valence-electron chi connectivity index (χ4n) is 3.89. The summed E-state index contributed by atoms with van der Waals surface area (Å²) in [7, 11) is 0. The van der Waals surface area contributed by atoms with Crippen molar-refractivity contribution in [3.8, 4) is 0 Å². The third-order valence-corrected chi connectivity index (χ3v) is 4.92. The van der Waals surface area contributed by atoms with E-state index in [1.165, 1.54) is 19.3 Å². The summed E-state index contributed by atoms with van der Waals surface area (Å²) >= 11 is 0. The van der Waals surface area contributed by atoms with Gasteiger partial charge < -0.3 is 0 Å². The van der Waals surface area contributed by atoms with Crippen molar-refractivity contribution < 1.29 is 0 Å². The standard InChI is InChI=1S/C12H22/c1-5-10-8(2)6-9-7-11(10)12(9,3)4/h8-11H,5-7H2,1-4H3/t8?,9-,10+,11-/m0/s1. The van der Waals surface area contributed by atoms with E-state index in [1.54, 1.807) is 0 Å². The van der Waals surface area contributed by atoms with E-state index in [-0.39, 0.29) is 0 Å². The Bertz CT molecular complexity index is 180. The molecule has 3 rings (SSSR count). The Morgan fingerprint density at radius 2 is 1.92 bits per heavy atom. The van der Waals surface area contributed by atoms with Crippen LogP contribution in [0, 0.1) is 29.1 Å². The lowest BCUT2D eigenvalue weighted by Gasteiger charge is -2.62. The zero-order valence-electron chi connectivity index (χ0n) is 8.93. The van der Waals surface area contributed by atoms with Crippen LogP contribution in [0.25, 0.3) is 0 Å². The van der Waals surface area contributed by atoms with Crippen LogP contribution in [-0.4, -0.2) is 0 Å². The van der Waals surface area contributed by atoms with Crippen molar-refractivity contribution in [2.45, 2.75) is 47.0 Å². The zero-order valence-corrected chi connectivity index (χ0v) is 8.93. The van der Waals surface area contributed by atoms with E-state index in [4.69, 9.17) is 0 Å². The number of hydrogen-bond acceptors (Lipinski definition) is 0. The van der Waals surface area contributed by atoms with Gasteiger partial charge in [0.2, 0.25) is 0 Å². The second-order valence-electron chi connectivity index (χ2n) is 5.65. The van der Waals surface area contributed by atoms with Gasteiger partial charge in [-0.05, 0) is 41.9 Å². The van der Waals surface area contributed by atoms with Crippen LogP contribution >= 0.6 is 0 Å². The SMILES string of the molecule is CC[C@@H]1C(C)C[C@H]2C[C@@H]1C2(C)C. The Kier molecular flexibility index (Phi) is 1.79. The molecule has 0 aliphatic heterocycles. The van der Waals surface area contributed by atoms with Gasteiger partial charge in [0.1, 0.15) is 0 Å². The highest BCUT2D eigenvalue weighted by Gasteiger charge is 2.55. The molecular formula is C12H22. The first-order valence-electron chi connectivity index (χ1n) is 5.57. The molecule has 0 spiro atoms. The van der Waals surface area contributed by atoms with Crippen LogP contribution in [0.15, 0.2) is 0 Å². The van der Waals surface area contributed by atoms with Gasteiger partial charge in [0.25, 0.3) is 0 Å². The molecule has 3 aliphatic rings. The normalized spacial score (nSPS) is 50.0. The molecule has 2 bridgehead atoms. The van der Waals surface area contributed by atoms with Crippen molar-refractivity contribution in [1.82, 2.24) is 0 Å². The van der Waals surface area contributed by atoms with Crippen molar-refractivity contribution in [2.75, 3.05) is 0 Å². The van der Waals surface area contributed by atoms with Gasteiger partial charge >= 0.3 is 0 Å². The molecular weight excluding hydrogens is 144 g/mol. The van der Waals surface area contributed by atoms with Gasteiger partial charge in [-0.15, -0.1) is 0 Å². The second kappa shape index (κ2) is 2.49. The molecule has 3 aliphatic carbocycles. The van der Waals surface area contributed by atoms with E-state index in [0.717, 1.165) is 23.7 Å². The molecule has 0 radical (unpaired) electrons. The summed E-state index contributed by atoms with van der Waals surface area (Å²) in [6.07, 6.45) is 4.44. The minimum absolute atomic E-state index is 0.688. The third-order valence-electron chi connectivity index (χ3n) is 4.92. The number of fused-ring (bicyclic) bond motifs is 2. The molecule has 1 unspecified atom stereocenters. The molecule has 0 heterocycles. The van der Waals surface area contributed by atoms with E-state index in [2.05, 4.69) is 27.7 Å². The molecule has 0 saturated heterocycles. The molecule has 0 N–H and O–H groups in total. The summed E-state index contributed by atoms with van der Waals surface area (Å²) in [5.41, 5.74) is 0.688. The highest BCUT2D eigenvalue weighted by Crippen LogP contribution is 2.63. The Balaban J connectivity index is 2.15. The lowest BCUT2D eigenvalue weighted by molar-refractivity contribution is -0.131. The maximum atomic E-state index is 2.49. The molecule has 70 valence electrons. The predicted octanol–water partition coefficient (Wildman–Crippen LogP) is 3.71. The van der Waals surface area contributed by atoms with Crippen LogP contribution in [0.3, 0.4) is 0 Å². The minimum Gasteiger partial charge on any atom is -0.0651 e. The molecule has 3 fully saturated rings. The molecule has 0 aromatic heterocycles. The van der Waals surface area contributed by atoms with E-state index >= 15 is 0 Å². The van der Waals surface area contributed by atoms with Gasteiger partial charge in [-0.2, -0.15) is 0 Å². The first-order chi connectivity index (χ1) is 5.57. The van der Waals surface area contributed by atoms with Crippen molar-refractivity contribution in [1.29, 1.82) is 0 Å². The maximum absolute atomic E-state index is 2.49. The Morgan fingerprint density at radius 1 is 1.25 bits per heavy atom. The van der Waals surface area contributed by atoms with E-state index in [1.807, 2.05) is 0 Å². The van der Waals surface area contributed by atoms with E-state index < -0.39 is 0 Å². The monoisotopic (exact) mass is 166 g/mol. The molecule has 0 aromatic rings. The molecule has 12 heavy (non-hydrogen) atoms. The van der Waals surface area contributed by atoms with Gasteiger partial charge in [0.05, 0.1) is 0 Å². The fraction of sp³-hybridized carbons (Fsp3) is 1.00. The predicted molar refractivity (Wildman–Crippen MR) is 52.9 cm³/mol. The fourth-order valence-corrected chi connectivity index (χ4v) is 3.89. The van der Waals surface area contributed by atoms with Gasteiger partial charge in [0.15, 0.2) is 0 Å². The molecule has 4 atom stereocenters. The summed E-state index contributed by atoms with van der Waals surface area (Å²) in [5.74, 6) is 4.15. The van der Waals surface area contributed by atoms with Crippen molar-refractivity contribution in [2.24, 2.45) is 29.1 Å². The Morgan fingerprint density at radius 3 is 2.33 bits per heavy atom. The van der Waals surface area contributed by atoms with Crippen molar-refractivity contribution in [3.63, 3.8) is 0 Å². The van der Waals surface area contributed by atoms with Gasteiger partial charge in [-0.25, -0.2) is 0 Å². The van der Waals surface area contributed by atoms with Gasteiger partial charge in [0, 0.05) is 0 Å². The lowest BCUT2D eigenvalue weighted by Crippen LogP contribution is -2.54. The van der Waals surface area contributed by atoms with Gasteiger partial charge in [-0.1, -0.05) is 34.1 Å². The van der Waals surface area contributed by atoms with Crippen LogP contribution in [0.4, 0.5) is 0 Å². The number of hydrogen-bond donors (Lipinski definition) is 0. The summed E-state index contributed by atoms with van der Waals surface area (Å²) < 4.78 is 0. The van der Waals surface area contributed by atoms with Crippen LogP contribution < -0.4 is 0 Å². The average molecular weight is 166 g/mol. The second-order valence-corrected chi connectivity index (χ2v) is 5.65. The van der Waals surface area contributed by atoms with Crippen molar-refractivity contribution in [3.05, 3.63) is 0 Å². The van der Waals surface area contributed by atoms with Crippen LogP contribution in [0.1, 0.15) is 47.0 Å². The zero-order chi connectivity index (χ0) is 8.93. The van der Waals surface area contributed by atoms with Gasteiger partial charge in [-0.3, -0.25) is 0 Å². The topological polar surface area (TPSA) is 0 Å². The molecule has 0 amide bonds. The molecule has 0 heteroatoms. The van der Waals surface area contributed by atoms with Crippen LogP contribution in [0.5, 0.6) is 0 Å². The van der Waals surface area contributed by atoms with Crippen LogP contribution in [-0.2, 0) is 0 Å². The van der Waals surface area contributed by atoms with Crippen molar-refractivity contribution >= 4 is 0 Å². The summed E-state index contributed by atoms with van der Waals surface area (Å²) in [5, 5.41) is 0. The first-order valence-corrected chi connectivity index (χ1v) is 5.57. The third kappa shape index (κ3) is 0.900. The quantitative estimate of drug-likeness (QED) is 0.557. The van der Waals surface area contributed by atoms with E-state index in [0.29, 0.717) is 5.41 Å². The summed E-state index contributed by atoms with van der Waals surface area (Å²) in [6.45, 7) is 9.80. The molecule has 0 nitrogen and oxygen atoms in total. The highest BCUT2D eigenvalue weighted by atomic mass is 14.6. The minimum atomic E-state index is 0.688. The molecule has 0 aromatic carbocycles. The highest BCUT2D eigenvalue weighted by molar-refractivity contribution is 5.04. The maximum Gasteiger partial charge on any atom is -0.0295 e. The lowest BCUT2D eigenvalue weighted by atomic mass is 9.43. The summed E-state index contributed by atoms with van der Waals surface area (Å²) in [4.78, 5) is 0. The Labute approximate surface area is 76.7 Å². The summed E-state index contributed by atoms with van der Waals surface area (Å²) in [6, 6.07) is 0. The first kappa shape index (κ1) is 8.59. The number of rotatable bonds is 1. The van der Waals surface area contributed by atoms with Crippen LogP contribution in [0.2, 0.25) is 0 Å².